The van der Waals surface area contributed by atoms with Crippen molar-refractivity contribution in [2.75, 3.05) is 13.1 Å². The second-order valence-corrected chi connectivity index (χ2v) is 4.36. The van der Waals surface area contributed by atoms with E-state index in [2.05, 4.69) is 10.0 Å². The Morgan fingerprint density at radius 2 is 2.67 bits per heavy atom. The third kappa shape index (κ3) is 1.13. The maximum Gasteiger partial charge on any atom is 0.226 e. The number of hydrogen-bond acceptors (Lipinski definition) is 3. The van der Waals surface area contributed by atoms with Crippen molar-refractivity contribution >= 4 is 17.7 Å². The van der Waals surface area contributed by atoms with Crippen LogP contribution in [0.5, 0.6) is 0 Å². The molecule has 0 unspecified atom stereocenters. The third-order valence-corrected chi connectivity index (χ3v) is 3.53. The zero-order valence-corrected chi connectivity index (χ0v) is 7.20. The van der Waals surface area contributed by atoms with Crippen molar-refractivity contribution in [3.63, 3.8) is 0 Å². The zero-order chi connectivity index (χ0) is 8.55. The van der Waals surface area contributed by atoms with Crippen LogP contribution in [0, 0.1) is 0 Å². The Labute approximate surface area is 73.7 Å². The fraction of sp³-hybridized carbons (Fsp3) is 0.833. The van der Waals surface area contributed by atoms with Crippen LogP contribution in [0.15, 0.2) is 5.11 Å². The molecule has 0 saturated carbocycles. The Morgan fingerprint density at radius 3 is 3.25 bits per heavy atom. The van der Waals surface area contributed by atoms with Crippen LogP contribution in [0.1, 0.15) is 6.42 Å². The lowest BCUT2D eigenvalue weighted by Gasteiger charge is -2.32. The third-order valence-electron chi connectivity index (χ3n) is 2.12. The van der Waals surface area contributed by atoms with Gasteiger partial charge in [-0.05, 0) is 5.53 Å². The number of carbonyl (C=O) groups excluding carboxylic acids is 1. The molecule has 0 aliphatic carbocycles. The van der Waals surface area contributed by atoms with Gasteiger partial charge in [0.05, 0.1) is 11.8 Å². The summed E-state index contributed by atoms with van der Waals surface area (Å²) < 4.78 is 0. The molecule has 5 nitrogen and oxygen atoms in total. The Morgan fingerprint density at radius 1 is 1.83 bits per heavy atom. The van der Waals surface area contributed by atoms with Crippen LogP contribution >= 0.6 is 11.8 Å². The molecule has 12 heavy (non-hydrogen) atoms. The largest absolute Gasteiger partial charge is 0.329 e. The number of rotatable bonds is 2. The van der Waals surface area contributed by atoms with E-state index >= 15 is 0 Å². The van der Waals surface area contributed by atoms with Gasteiger partial charge < -0.3 is 4.90 Å². The van der Waals surface area contributed by atoms with Crippen molar-refractivity contribution in [1.82, 2.24) is 4.90 Å². The van der Waals surface area contributed by atoms with Crippen molar-refractivity contribution in [2.24, 2.45) is 5.11 Å². The van der Waals surface area contributed by atoms with Crippen LogP contribution < -0.4 is 0 Å². The molecule has 2 heterocycles. The van der Waals surface area contributed by atoms with Crippen molar-refractivity contribution in [3.8, 4) is 0 Å². The topological polar surface area (TPSA) is 69.1 Å². The lowest BCUT2D eigenvalue weighted by atomic mass is 10.2. The van der Waals surface area contributed by atoms with E-state index in [0.717, 1.165) is 6.54 Å². The second-order valence-electron chi connectivity index (χ2n) is 2.88. The molecular formula is C6H8N4OS. The summed E-state index contributed by atoms with van der Waals surface area (Å²) in [7, 11) is 0. The highest BCUT2D eigenvalue weighted by Crippen LogP contribution is 2.39. The van der Waals surface area contributed by atoms with Crippen molar-refractivity contribution in [1.29, 1.82) is 0 Å². The quantitative estimate of drug-likeness (QED) is 0.278. The number of hydrogen-bond donors (Lipinski definition) is 0. The van der Waals surface area contributed by atoms with Gasteiger partial charge in [0.2, 0.25) is 5.91 Å². The van der Waals surface area contributed by atoms with Crippen LogP contribution in [0.25, 0.3) is 10.4 Å². The van der Waals surface area contributed by atoms with E-state index in [4.69, 9.17) is 5.53 Å². The van der Waals surface area contributed by atoms with E-state index in [-0.39, 0.29) is 5.91 Å². The average Bonchev–Trinajstić information content (AvgIpc) is 2.39. The molecule has 0 aromatic rings. The molecule has 0 radical (unpaired) electrons. The second kappa shape index (κ2) is 2.88. The molecule has 0 aromatic carbocycles. The summed E-state index contributed by atoms with van der Waals surface area (Å²) >= 11 is 1.74. The predicted molar refractivity (Wildman–Crippen MR) is 45.5 cm³/mol. The molecule has 6 heteroatoms. The highest BCUT2D eigenvalue weighted by molar-refractivity contribution is 8.00. The molecule has 0 aromatic heterocycles. The smallest absolute Gasteiger partial charge is 0.226 e. The van der Waals surface area contributed by atoms with Gasteiger partial charge in [0.15, 0.2) is 0 Å². The average molecular weight is 184 g/mol. The van der Waals surface area contributed by atoms with Crippen molar-refractivity contribution in [2.45, 2.75) is 17.0 Å². The van der Waals surface area contributed by atoms with Crippen LogP contribution in [-0.2, 0) is 4.79 Å². The maximum absolute atomic E-state index is 10.9. The lowest BCUT2D eigenvalue weighted by molar-refractivity contribution is -0.140. The van der Waals surface area contributed by atoms with E-state index in [0.29, 0.717) is 23.6 Å². The summed E-state index contributed by atoms with van der Waals surface area (Å²) in [6.45, 7) is 1.26. The molecule has 0 bridgehead atoms. The Bertz CT molecular complexity index is 262. The highest BCUT2D eigenvalue weighted by atomic mass is 32.2. The van der Waals surface area contributed by atoms with Gasteiger partial charge in [0.1, 0.15) is 0 Å². The summed E-state index contributed by atoms with van der Waals surface area (Å²) in [5, 5.41) is 4.19. The van der Waals surface area contributed by atoms with Crippen LogP contribution in [0.4, 0.5) is 0 Å². The van der Waals surface area contributed by atoms with Gasteiger partial charge in [-0.2, -0.15) is 0 Å². The zero-order valence-electron chi connectivity index (χ0n) is 6.38. The SMILES string of the molecule is [N-]=[N+]=NC[C@H]1CN2C(=O)C[C@H]2S1. The minimum Gasteiger partial charge on any atom is -0.329 e. The van der Waals surface area contributed by atoms with Crippen LogP contribution in [0.3, 0.4) is 0 Å². The maximum atomic E-state index is 10.9. The summed E-state index contributed by atoms with van der Waals surface area (Å²) in [5.41, 5.74) is 8.09. The standard InChI is InChI=1S/C6H8N4OS/c7-9-8-2-4-3-10-5(11)1-6(10)12-4/h4,6H,1-3H2/t4-,6+/m0/s1. The lowest BCUT2D eigenvalue weighted by Crippen LogP contribution is -2.47. The molecule has 0 spiro atoms. The number of nitrogens with zero attached hydrogens (tertiary/aromatic N) is 4. The molecule has 2 saturated heterocycles. The number of thioether (sulfide) groups is 1. The number of azide groups is 1. The number of β-lactam (4-membered cyclic amide) rings is 1. The van der Waals surface area contributed by atoms with E-state index in [1.807, 2.05) is 4.90 Å². The van der Waals surface area contributed by atoms with E-state index in [1.165, 1.54) is 0 Å². The van der Waals surface area contributed by atoms with Gasteiger partial charge in [0, 0.05) is 23.3 Å². The molecule has 2 rings (SSSR count). The fourth-order valence-corrected chi connectivity index (χ4v) is 2.91. The normalized spacial score (nSPS) is 32.3. The van der Waals surface area contributed by atoms with E-state index < -0.39 is 0 Å². The van der Waals surface area contributed by atoms with Crippen LogP contribution in [0.2, 0.25) is 0 Å². The molecule has 2 aliphatic rings. The van der Waals surface area contributed by atoms with Gasteiger partial charge in [0.25, 0.3) is 0 Å². The first-order valence-electron chi connectivity index (χ1n) is 3.77. The number of amides is 1. The predicted octanol–water partition coefficient (Wildman–Crippen LogP) is 0.971. The molecule has 2 fully saturated rings. The van der Waals surface area contributed by atoms with Crippen LogP contribution in [-0.4, -0.2) is 34.5 Å². The first kappa shape index (κ1) is 7.76. The Kier molecular flexibility index (Phi) is 1.86. The first-order chi connectivity index (χ1) is 5.81. The summed E-state index contributed by atoms with van der Waals surface area (Å²) in [5.74, 6) is 0.232. The molecule has 2 aliphatic heterocycles. The minimum absolute atomic E-state index is 0.232. The molecular weight excluding hydrogens is 176 g/mol. The molecule has 64 valence electrons. The van der Waals surface area contributed by atoms with Gasteiger partial charge in [-0.1, -0.05) is 5.11 Å². The van der Waals surface area contributed by atoms with Gasteiger partial charge in [-0.3, -0.25) is 4.79 Å². The minimum atomic E-state index is 0.232. The molecule has 0 N–H and O–H groups in total. The van der Waals surface area contributed by atoms with Crippen molar-refractivity contribution in [3.05, 3.63) is 10.4 Å². The molecule has 2 atom stereocenters. The number of fused-ring (bicyclic) bond motifs is 1. The summed E-state index contributed by atoms with van der Waals surface area (Å²) in [6.07, 6.45) is 0.664. The molecule has 1 amide bonds. The van der Waals surface area contributed by atoms with Crippen molar-refractivity contribution < 1.29 is 4.79 Å². The van der Waals surface area contributed by atoms with Gasteiger partial charge >= 0.3 is 0 Å². The fourth-order valence-electron chi connectivity index (χ4n) is 1.48. The highest BCUT2D eigenvalue weighted by Gasteiger charge is 2.44. The Balaban J connectivity index is 1.90. The first-order valence-corrected chi connectivity index (χ1v) is 4.71. The van der Waals surface area contributed by atoms with Gasteiger partial charge in [-0.15, -0.1) is 11.8 Å². The summed E-state index contributed by atoms with van der Waals surface area (Å²) in [6, 6.07) is 0. The summed E-state index contributed by atoms with van der Waals surface area (Å²) in [4.78, 5) is 15.5. The monoisotopic (exact) mass is 184 g/mol. The van der Waals surface area contributed by atoms with E-state index in [9.17, 15) is 4.79 Å². The van der Waals surface area contributed by atoms with E-state index in [1.54, 1.807) is 11.8 Å². The van der Waals surface area contributed by atoms with Gasteiger partial charge in [-0.25, -0.2) is 0 Å². The Hall–Kier alpha value is -0.870. The number of carbonyl (C=O) groups is 1.